The summed E-state index contributed by atoms with van der Waals surface area (Å²) < 4.78 is 5.18. The third-order valence-corrected chi connectivity index (χ3v) is 3.61. The number of anilines is 2. The molecule has 17 heavy (non-hydrogen) atoms. The van der Waals surface area contributed by atoms with Gasteiger partial charge in [-0.3, -0.25) is 0 Å². The fourth-order valence-corrected chi connectivity index (χ4v) is 2.46. The monoisotopic (exact) mass is 248 g/mol. The van der Waals surface area contributed by atoms with Crippen LogP contribution in [-0.4, -0.2) is 7.11 Å². The largest absolute Gasteiger partial charge is 0.497 e. The van der Waals surface area contributed by atoms with E-state index in [4.69, 9.17) is 10.5 Å². The maximum Gasteiger partial charge on any atom is 0.122 e. The Morgan fingerprint density at radius 2 is 2.18 bits per heavy atom. The molecule has 2 aromatic rings. The van der Waals surface area contributed by atoms with Gasteiger partial charge in [-0.2, -0.15) is 0 Å². The first-order chi connectivity index (χ1) is 8.19. The van der Waals surface area contributed by atoms with Gasteiger partial charge in [0.15, 0.2) is 0 Å². The van der Waals surface area contributed by atoms with Crippen LogP contribution in [0.15, 0.2) is 29.6 Å². The number of methoxy groups -OCH3 is 1. The van der Waals surface area contributed by atoms with Gasteiger partial charge in [0.05, 0.1) is 7.11 Å². The Kier molecular flexibility index (Phi) is 3.54. The maximum absolute atomic E-state index is 5.80. The summed E-state index contributed by atoms with van der Waals surface area (Å²) in [7, 11) is 1.64. The van der Waals surface area contributed by atoms with Gasteiger partial charge in [0.25, 0.3) is 0 Å². The van der Waals surface area contributed by atoms with Gasteiger partial charge < -0.3 is 15.8 Å². The lowest BCUT2D eigenvalue weighted by molar-refractivity contribution is 0.415. The Morgan fingerprint density at radius 1 is 1.35 bits per heavy atom. The highest BCUT2D eigenvalue weighted by atomic mass is 32.1. The van der Waals surface area contributed by atoms with Crippen molar-refractivity contribution in [1.82, 2.24) is 0 Å². The van der Waals surface area contributed by atoms with Crippen molar-refractivity contribution in [2.24, 2.45) is 0 Å². The summed E-state index contributed by atoms with van der Waals surface area (Å²) in [5, 5.41) is 5.46. The first-order valence-electron chi connectivity index (χ1n) is 5.40. The number of nitrogens with one attached hydrogen (secondary N) is 1. The van der Waals surface area contributed by atoms with Gasteiger partial charge in [0, 0.05) is 34.9 Å². The number of rotatable bonds is 4. The fourth-order valence-electron chi connectivity index (χ4n) is 1.61. The number of nitrogens with two attached hydrogens (primary N) is 1. The van der Waals surface area contributed by atoms with E-state index >= 15 is 0 Å². The smallest absolute Gasteiger partial charge is 0.122 e. The molecule has 0 aliphatic carbocycles. The minimum Gasteiger partial charge on any atom is -0.497 e. The van der Waals surface area contributed by atoms with Crippen LogP contribution in [0, 0.1) is 6.92 Å². The number of ether oxygens (including phenoxy) is 1. The quantitative estimate of drug-likeness (QED) is 0.816. The van der Waals surface area contributed by atoms with Crippen molar-refractivity contribution in [2.75, 3.05) is 18.2 Å². The van der Waals surface area contributed by atoms with Gasteiger partial charge in [-0.1, -0.05) is 0 Å². The minimum absolute atomic E-state index is 0.703. The van der Waals surface area contributed by atoms with Gasteiger partial charge in [0.1, 0.15) is 5.75 Å². The van der Waals surface area contributed by atoms with Gasteiger partial charge >= 0.3 is 0 Å². The Bertz CT molecular complexity index is 508. The second-order valence-corrected chi connectivity index (χ2v) is 4.88. The van der Waals surface area contributed by atoms with Gasteiger partial charge in [-0.15, -0.1) is 11.3 Å². The lowest BCUT2D eigenvalue weighted by Crippen LogP contribution is -2.00. The molecule has 0 saturated heterocycles. The molecule has 1 aromatic heterocycles. The molecular weight excluding hydrogens is 232 g/mol. The van der Waals surface area contributed by atoms with Crippen LogP contribution in [0.4, 0.5) is 11.4 Å². The lowest BCUT2D eigenvalue weighted by atomic mass is 10.2. The van der Waals surface area contributed by atoms with Crippen molar-refractivity contribution >= 4 is 22.7 Å². The summed E-state index contributed by atoms with van der Waals surface area (Å²) in [4.78, 5) is 1.34. The van der Waals surface area contributed by atoms with Crippen LogP contribution >= 0.6 is 11.3 Å². The van der Waals surface area contributed by atoms with Crippen LogP contribution in [-0.2, 0) is 6.54 Å². The molecule has 0 radical (unpaired) electrons. The summed E-state index contributed by atoms with van der Waals surface area (Å²) >= 11 is 1.76. The van der Waals surface area contributed by atoms with E-state index in [-0.39, 0.29) is 0 Å². The number of nitrogen functional groups attached to an aromatic ring is 1. The summed E-state index contributed by atoms with van der Waals surface area (Å²) in [6.07, 6.45) is 0. The van der Waals surface area contributed by atoms with Crippen LogP contribution in [0.25, 0.3) is 0 Å². The molecule has 0 amide bonds. The first kappa shape index (κ1) is 11.8. The molecule has 2 rings (SSSR count). The zero-order valence-electron chi connectivity index (χ0n) is 9.99. The topological polar surface area (TPSA) is 47.3 Å². The Hall–Kier alpha value is -1.68. The van der Waals surface area contributed by atoms with E-state index in [0.29, 0.717) is 5.69 Å². The number of hydrogen-bond donors (Lipinski definition) is 2. The molecule has 4 heteroatoms. The molecule has 0 atom stereocenters. The SMILES string of the molecule is COc1cc(N)cc(NCc2sccc2C)c1. The molecule has 0 aliphatic rings. The van der Waals surface area contributed by atoms with Crippen LogP contribution in [0.2, 0.25) is 0 Å². The molecule has 0 saturated carbocycles. The Balaban J connectivity index is 2.09. The molecule has 1 heterocycles. The predicted molar refractivity (Wildman–Crippen MR) is 73.8 cm³/mol. The second-order valence-electron chi connectivity index (χ2n) is 3.88. The zero-order valence-corrected chi connectivity index (χ0v) is 10.8. The van der Waals surface area contributed by atoms with Gasteiger partial charge in [-0.25, -0.2) is 0 Å². The molecule has 0 bridgehead atoms. The Morgan fingerprint density at radius 3 is 2.82 bits per heavy atom. The molecule has 0 fully saturated rings. The third-order valence-electron chi connectivity index (χ3n) is 2.59. The summed E-state index contributed by atoms with van der Waals surface area (Å²) in [6, 6.07) is 7.79. The van der Waals surface area contributed by atoms with Crippen molar-refractivity contribution in [3.63, 3.8) is 0 Å². The van der Waals surface area contributed by atoms with E-state index in [1.165, 1.54) is 10.4 Å². The summed E-state index contributed by atoms with van der Waals surface area (Å²) in [5.74, 6) is 0.774. The molecule has 3 N–H and O–H groups in total. The summed E-state index contributed by atoms with van der Waals surface area (Å²) in [5.41, 5.74) is 8.80. The zero-order chi connectivity index (χ0) is 12.3. The number of aryl methyl sites for hydroxylation is 1. The van der Waals surface area contributed by atoms with E-state index in [0.717, 1.165) is 18.0 Å². The fraction of sp³-hybridized carbons (Fsp3) is 0.231. The van der Waals surface area contributed by atoms with Crippen LogP contribution in [0.5, 0.6) is 5.75 Å². The van der Waals surface area contributed by atoms with E-state index in [1.54, 1.807) is 18.4 Å². The van der Waals surface area contributed by atoms with Crippen LogP contribution < -0.4 is 15.8 Å². The number of benzene rings is 1. The third kappa shape index (κ3) is 2.91. The second kappa shape index (κ2) is 5.10. The molecular formula is C13H16N2OS. The van der Waals surface area contributed by atoms with Crippen molar-refractivity contribution in [3.8, 4) is 5.75 Å². The van der Waals surface area contributed by atoms with E-state index in [1.807, 2.05) is 18.2 Å². The minimum atomic E-state index is 0.703. The molecule has 1 aromatic carbocycles. The highest BCUT2D eigenvalue weighted by Crippen LogP contribution is 2.24. The normalized spacial score (nSPS) is 10.2. The van der Waals surface area contributed by atoms with Crippen molar-refractivity contribution in [2.45, 2.75) is 13.5 Å². The van der Waals surface area contributed by atoms with Crippen molar-refractivity contribution in [3.05, 3.63) is 40.1 Å². The molecule has 3 nitrogen and oxygen atoms in total. The Labute approximate surface area is 105 Å². The highest BCUT2D eigenvalue weighted by molar-refractivity contribution is 7.10. The van der Waals surface area contributed by atoms with Crippen molar-refractivity contribution < 1.29 is 4.74 Å². The number of hydrogen-bond acceptors (Lipinski definition) is 4. The van der Waals surface area contributed by atoms with Gasteiger partial charge in [-0.05, 0) is 30.0 Å². The van der Waals surface area contributed by atoms with Crippen molar-refractivity contribution in [1.29, 1.82) is 0 Å². The standard InChI is InChI=1S/C13H16N2OS/c1-9-3-4-17-13(9)8-15-11-5-10(14)6-12(7-11)16-2/h3-7,15H,8,14H2,1-2H3. The molecule has 0 unspecified atom stereocenters. The average Bonchev–Trinajstić information content (AvgIpc) is 2.71. The van der Waals surface area contributed by atoms with E-state index < -0.39 is 0 Å². The average molecular weight is 248 g/mol. The maximum atomic E-state index is 5.80. The molecule has 0 aliphatic heterocycles. The first-order valence-corrected chi connectivity index (χ1v) is 6.28. The number of thiophene rings is 1. The van der Waals surface area contributed by atoms with Gasteiger partial charge in [0.2, 0.25) is 0 Å². The van der Waals surface area contributed by atoms with E-state index in [9.17, 15) is 0 Å². The summed E-state index contributed by atoms with van der Waals surface area (Å²) in [6.45, 7) is 2.93. The lowest BCUT2D eigenvalue weighted by Gasteiger charge is -2.09. The van der Waals surface area contributed by atoms with Crippen LogP contribution in [0.3, 0.4) is 0 Å². The predicted octanol–water partition coefficient (Wildman–Crippen LogP) is 3.26. The molecule has 90 valence electrons. The molecule has 0 spiro atoms. The highest BCUT2D eigenvalue weighted by Gasteiger charge is 2.02. The van der Waals surface area contributed by atoms with Crippen LogP contribution in [0.1, 0.15) is 10.4 Å². The van der Waals surface area contributed by atoms with E-state index in [2.05, 4.69) is 23.7 Å².